The van der Waals surface area contributed by atoms with Crippen LogP contribution in [0.1, 0.15) is 34.3 Å². The molecule has 0 saturated carbocycles. The van der Waals surface area contributed by atoms with Gasteiger partial charge in [-0.3, -0.25) is 9.59 Å². The molecule has 0 spiro atoms. The Labute approximate surface area is 209 Å². The number of esters is 1. The largest absolute Gasteiger partial charge is 0.465 e. The van der Waals surface area contributed by atoms with Gasteiger partial charge in [-0.15, -0.1) is 11.3 Å². The van der Waals surface area contributed by atoms with E-state index in [1.165, 1.54) is 42.4 Å². The van der Waals surface area contributed by atoms with Crippen LogP contribution in [0.25, 0.3) is 21.3 Å². The van der Waals surface area contributed by atoms with Gasteiger partial charge in [0.2, 0.25) is 5.91 Å². The van der Waals surface area contributed by atoms with Gasteiger partial charge in [0.25, 0.3) is 5.56 Å². The van der Waals surface area contributed by atoms with Crippen LogP contribution in [0.4, 0.5) is 5.69 Å². The lowest BCUT2D eigenvalue weighted by Crippen LogP contribution is -2.17. The van der Waals surface area contributed by atoms with Crippen LogP contribution in [0.5, 0.6) is 0 Å². The van der Waals surface area contributed by atoms with E-state index in [2.05, 4.69) is 33.5 Å². The van der Waals surface area contributed by atoms with Crippen molar-refractivity contribution in [2.24, 2.45) is 0 Å². The Hall–Kier alpha value is -3.43. The van der Waals surface area contributed by atoms with Crippen molar-refractivity contribution in [3.63, 3.8) is 0 Å². The van der Waals surface area contributed by atoms with E-state index in [9.17, 15) is 14.4 Å². The highest BCUT2D eigenvalue weighted by Gasteiger charge is 2.17. The predicted molar refractivity (Wildman–Crippen MR) is 139 cm³/mol. The maximum absolute atomic E-state index is 13.0. The van der Waals surface area contributed by atoms with Crippen molar-refractivity contribution < 1.29 is 14.3 Å². The summed E-state index contributed by atoms with van der Waals surface area (Å²) in [5, 5.41) is 5.64. The first-order chi connectivity index (χ1) is 17.0. The molecule has 2 heterocycles. The Morgan fingerprint density at radius 3 is 2.77 bits per heavy atom. The molecule has 7 nitrogen and oxygen atoms in total. The number of fused-ring (bicyclic) bond motifs is 2. The van der Waals surface area contributed by atoms with Crippen molar-refractivity contribution in [1.82, 2.24) is 9.97 Å². The minimum atomic E-state index is -0.530. The van der Waals surface area contributed by atoms with Crippen LogP contribution < -0.4 is 10.9 Å². The summed E-state index contributed by atoms with van der Waals surface area (Å²) in [6.45, 7) is 0. The number of carbonyl (C=O) groups excluding carboxylic acids is 2. The number of nitrogens with one attached hydrogen (secondary N) is 2. The number of nitrogens with zero attached hydrogens (tertiary/aromatic N) is 1. The SMILES string of the molecule is COC(=O)c1ccccc1NC(=O)CSc1nc2scc(-c3ccc4c(c3)CCCC4)c2c(=O)[nH]1. The lowest BCUT2D eigenvalue weighted by molar-refractivity contribution is -0.113. The standard InChI is InChI=1S/C26H23N3O4S2/c1-33-25(32)18-8-4-5-9-20(18)27-21(30)14-35-26-28-23(31)22-19(13-34-24(22)29-26)17-11-10-15-6-2-3-7-16(15)12-17/h4-5,8-13H,2-3,6-7,14H2,1H3,(H,27,30)(H,28,29,31). The van der Waals surface area contributed by atoms with E-state index in [1.54, 1.807) is 24.3 Å². The third-order valence-electron chi connectivity index (χ3n) is 6.03. The number of aromatic amines is 1. The highest BCUT2D eigenvalue weighted by atomic mass is 32.2. The number of aryl methyl sites for hydroxylation is 2. The zero-order valence-corrected chi connectivity index (χ0v) is 20.7. The summed E-state index contributed by atoms with van der Waals surface area (Å²) in [7, 11) is 1.29. The Balaban J connectivity index is 1.33. The monoisotopic (exact) mass is 505 g/mol. The molecule has 1 aliphatic carbocycles. The van der Waals surface area contributed by atoms with Gasteiger partial charge in [-0.1, -0.05) is 42.1 Å². The molecule has 0 bridgehead atoms. The van der Waals surface area contributed by atoms with Crippen molar-refractivity contribution in [2.45, 2.75) is 30.8 Å². The second kappa shape index (κ2) is 10.1. The number of para-hydroxylation sites is 1. The van der Waals surface area contributed by atoms with Crippen molar-refractivity contribution >= 4 is 50.9 Å². The first-order valence-corrected chi connectivity index (χ1v) is 13.1. The van der Waals surface area contributed by atoms with Gasteiger partial charge in [0.15, 0.2) is 5.16 Å². The molecular weight excluding hydrogens is 482 g/mol. The Morgan fingerprint density at radius 1 is 1.14 bits per heavy atom. The number of amides is 1. The number of thiophene rings is 1. The number of anilines is 1. The van der Waals surface area contributed by atoms with E-state index < -0.39 is 5.97 Å². The average Bonchev–Trinajstić information content (AvgIpc) is 3.32. The number of benzene rings is 2. The number of H-pyrrole nitrogens is 1. The molecule has 0 radical (unpaired) electrons. The molecule has 1 amide bonds. The van der Waals surface area contributed by atoms with Gasteiger partial charge in [-0.2, -0.15) is 0 Å². The first kappa shape index (κ1) is 23.3. The number of methoxy groups -OCH3 is 1. The molecule has 2 aromatic heterocycles. The molecule has 5 rings (SSSR count). The fraction of sp³-hybridized carbons (Fsp3) is 0.231. The lowest BCUT2D eigenvalue weighted by atomic mass is 9.89. The van der Waals surface area contributed by atoms with E-state index in [0.29, 0.717) is 21.1 Å². The summed E-state index contributed by atoms with van der Waals surface area (Å²) in [6, 6.07) is 13.1. The smallest absolute Gasteiger partial charge is 0.339 e. The van der Waals surface area contributed by atoms with E-state index in [-0.39, 0.29) is 22.8 Å². The van der Waals surface area contributed by atoms with Gasteiger partial charge in [0.05, 0.1) is 29.5 Å². The van der Waals surface area contributed by atoms with Gasteiger partial charge < -0.3 is 15.0 Å². The van der Waals surface area contributed by atoms with Crippen LogP contribution in [0.15, 0.2) is 57.8 Å². The molecule has 0 saturated heterocycles. The molecule has 1 aliphatic rings. The summed E-state index contributed by atoms with van der Waals surface area (Å²) in [5.74, 6) is -0.833. The van der Waals surface area contributed by atoms with Gasteiger partial charge in [0.1, 0.15) is 4.83 Å². The van der Waals surface area contributed by atoms with Crippen LogP contribution >= 0.6 is 23.1 Å². The lowest BCUT2D eigenvalue weighted by Gasteiger charge is -2.16. The summed E-state index contributed by atoms with van der Waals surface area (Å²) >= 11 is 2.55. The average molecular weight is 506 g/mol. The quantitative estimate of drug-likeness (QED) is 0.216. The van der Waals surface area contributed by atoms with Gasteiger partial charge in [0, 0.05) is 10.9 Å². The van der Waals surface area contributed by atoms with Crippen molar-refractivity contribution in [2.75, 3.05) is 18.2 Å². The molecule has 35 heavy (non-hydrogen) atoms. The van der Waals surface area contributed by atoms with Crippen molar-refractivity contribution in [3.8, 4) is 11.1 Å². The number of ether oxygens (including phenoxy) is 1. The van der Waals surface area contributed by atoms with Gasteiger partial charge in [-0.25, -0.2) is 9.78 Å². The summed E-state index contributed by atoms with van der Waals surface area (Å²) in [4.78, 5) is 45.4. The van der Waals surface area contributed by atoms with Crippen LogP contribution in [0.2, 0.25) is 0 Å². The molecule has 2 N–H and O–H groups in total. The number of carbonyl (C=O) groups is 2. The second-order valence-electron chi connectivity index (χ2n) is 8.27. The molecule has 178 valence electrons. The number of hydrogen-bond donors (Lipinski definition) is 2. The third kappa shape index (κ3) is 4.87. The third-order valence-corrected chi connectivity index (χ3v) is 7.77. The number of aromatic nitrogens is 2. The molecule has 9 heteroatoms. The van der Waals surface area contributed by atoms with E-state index in [4.69, 9.17) is 4.74 Å². The zero-order valence-electron chi connectivity index (χ0n) is 19.1. The molecule has 0 atom stereocenters. The normalized spacial score (nSPS) is 12.8. The predicted octanol–water partition coefficient (Wildman–Crippen LogP) is 5.05. The molecule has 0 fully saturated rings. The topological polar surface area (TPSA) is 101 Å². The highest BCUT2D eigenvalue weighted by molar-refractivity contribution is 7.99. The van der Waals surface area contributed by atoms with Gasteiger partial charge >= 0.3 is 5.97 Å². The number of rotatable bonds is 6. The van der Waals surface area contributed by atoms with Gasteiger partial charge in [-0.05, 0) is 54.5 Å². The molecule has 2 aromatic carbocycles. The molecule has 4 aromatic rings. The minimum absolute atomic E-state index is 0.0208. The number of thioether (sulfide) groups is 1. The van der Waals surface area contributed by atoms with Crippen LogP contribution in [0, 0.1) is 0 Å². The van der Waals surface area contributed by atoms with E-state index in [0.717, 1.165) is 35.7 Å². The molecule has 0 aliphatic heterocycles. The van der Waals surface area contributed by atoms with Crippen molar-refractivity contribution in [3.05, 3.63) is 74.9 Å². The zero-order chi connectivity index (χ0) is 24.4. The summed E-state index contributed by atoms with van der Waals surface area (Å²) in [5.41, 5.74) is 5.11. The fourth-order valence-electron chi connectivity index (χ4n) is 4.31. The van der Waals surface area contributed by atoms with Crippen LogP contribution in [0.3, 0.4) is 0 Å². The number of hydrogen-bond acceptors (Lipinski definition) is 7. The molecular formula is C26H23N3O4S2. The highest BCUT2D eigenvalue weighted by Crippen LogP contribution is 2.34. The Morgan fingerprint density at radius 2 is 1.94 bits per heavy atom. The Bertz CT molecular complexity index is 1490. The van der Waals surface area contributed by atoms with E-state index in [1.807, 2.05) is 5.38 Å². The maximum atomic E-state index is 13.0. The summed E-state index contributed by atoms with van der Waals surface area (Å²) < 4.78 is 4.76. The Kier molecular flexibility index (Phi) is 6.70. The van der Waals surface area contributed by atoms with E-state index >= 15 is 0 Å². The maximum Gasteiger partial charge on any atom is 0.339 e. The fourth-order valence-corrected chi connectivity index (χ4v) is 5.98. The van der Waals surface area contributed by atoms with Crippen LogP contribution in [-0.2, 0) is 22.4 Å². The minimum Gasteiger partial charge on any atom is -0.465 e. The summed E-state index contributed by atoms with van der Waals surface area (Å²) in [6.07, 6.45) is 4.62. The second-order valence-corrected chi connectivity index (χ2v) is 10.1. The molecule has 0 unspecified atom stereocenters. The van der Waals surface area contributed by atoms with Crippen molar-refractivity contribution in [1.29, 1.82) is 0 Å². The first-order valence-electron chi connectivity index (χ1n) is 11.3. The van der Waals surface area contributed by atoms with Crippen LogP contribution in [-0.4, -0.2) is 34.7 Å².